The lowest BCUT2D eigenvalue weighted by Gasteiger charge is -2.38. The first-order chi connectivity index (χ1) is 20.5. The first-order valence-corrected chi connectivity index (χ1v) is 17.9. The lowest BCUT2D eigenvalue weighted by molar-refractivity contribution is -0.462. The predicted molar refractivity (Wildman–Crippen MR) is 176 cm³/mol. The Hall–Kier alpha value is -3.79. The van der Waals surface area contributed by atoms with Crippen molar-refractivity contribution < 1.29 is 28.7 Å². The molecule has 0 fully saturated rings. The number of nitrogens with one attached hydrogen (secondary N) is 1. The molecular formula is C34H44N3O5Si+. The molecule has 2 aromatic carbocycles. The van der Waals surface area contributed by atoms with Gasteiger partial charge in [0.25, 0.3) is 5.91 Å². The van der Waals surface area contributed by atoms with Crippen LogP contribution < -0.4 is 15.4 Å². The van der Waals surface area contributed by atoms with E-state index in [-0.39, 0.29) is 11.5 Å². The second kappa shape index (κ2) is 13.7. The third kappa shape index (κ3) is 6.59. The van der Waals surface area contributed by atoms with Gasteiger partial charge in [-0.3, -0.25) is 4.79 Å². The number of carbonyl (C=O) groups is 2. The number of carboxylic acid groups (broad SMARTS) is 1. The molecule has 1 heterocycles. The Balaban J connectivity index is 1.90. The molecule has 1 amide bonds. The van der Waals surface area contributed by atoms with Crippen LogP contribution in [-0.2, 0) is 9.47 Å². The predicted octanol–water partition coefficient (Wildman–Crippen LogP) is 4.10. The quantitative estimate of drug-likeness (QED) is 0.216. The molecule has 0 saturated heterocycles. The molecule has 0 radical (unpaired) electrons. The summed E-state index contributed by atoms with van der Waals surface area (Å²) in [6, 6.07) is 11.4. The van der Waals surface area contributed by atoms with Gasteiger partial charge in [-0.15, -0.1) is 0 Å². The minimum atomic E-state index is -2.22. The van der Waals surface area contributed by atoms with Gasteiger partial charge in [-0.05, 0) is 82.9 Å². The highest BCUT2D eigenvalue weighted by molar-refractivity contribution is 6.98. The summed E-state index contributed by atoms with van der Waals surface area (Å²) >= 11 is 0. The largest absolute Gasteiger partial charge is 0.478 e. The molecule has 43 heavy (non-hydrogen) atoms. The van der Waals surface area contributed by atoms with Gasteiger partial charge in [0.05, 0.1) is 25.4 Å². The maximum absolute atomic E-state index is 13.2. The fourth-order valence-electron chi connectivity index (χ4n) is 5.84. The fraction of sp³-hybridized carbons (Fsp3) is 0.382. The molecule has 2 aliphatic rings. The van der Waals surface area contributed by atoms with Crippen molar-refractivity contribution in [1.82, 2.24) is 5.32 Å². The third-order valence-corrected chi connectivity index (χ3v) is 11.8. The zero-order valence-electron chi connectivity index (χ0n) is 26.4. The number of anilines is 1. The lowest BCUT2D eigenvalue weighted by Crippen LogP contribution is -2.50. The van der Waals surface area contributed by atoms with Gasteiger partial charge in [0, 0.05) is 50.1 Å². The van der Waals surface area contributed by atoms with Gasteiger partial charge in [0.15, 0.2) is 5.71 Å². The fourth-order valence-corrected chi connectivity index (χ4v) is 8.91. The Morgan fingerprint density at radius 1 is 0.977 bits per heavy atom. The molecule has 0 unspecified atom stereocenters. The Morgan fingerprint density at radius 3 is 2.37 bits per heavy atom. The molecule has 0 spiro atoms. The summed E-state index contributed by atoms with van der Waals surface area (Å²) < 4.78 is 12.6. The number of nitrogens with zero attached hydrogens (tertiary/aromatic N) is 2. The highest BCUT2D eigenvalue weighted by atomic mass is 28.3. The summed E-state index contributed by atoms with van der Waals surface area (Å²) in [5, 5.41) is 15.7. The molecule has 228 valence electrons. The minimum Gasteiger partial charge on any atom is -0.478 e. The van der Waals surface area contributed by atoms with Gasteiger partial charge in [-0.25, -0.2) is 9.37 Å². The number of aromatic carboxylic acids is 1. The van der Waals surface area contributed by atoms with Crippen LogP contribution in [0.3, 0.4) is 0 Å². The first-order valence-electron chi connectivity index (χ1n) is 14.9. The number of rotatable bonds is 12. The van der Waals surface area contributed by atoms with Crippen molar-refractivity contribution in [3.05, 3.63) is 87.6 Å². The molecule has 0 bridgehead atoms. The van der Waals surface area contributed by atoms with E-state index in [0.29, 0.717) is 37.5 Å². The summed E-state index contributed by atoms with van der Waals surface area (Å²) in [5.74, 6) is -1.31. The van der Waals surface area contributed by atoms with E-state index in [0.717, 1.165) is 41.2 Å². The molecule has 2 aromatic rings. The van der Waals surface area contributed by atoms with Gasteiger partial charge in [0.1, 0.15) is 22.2 Å². The number of allylic oxidation sites excluding steroid dienone is 5. The van der Waals surface area contributed by atoms with E-state index in [1.165, 1.54) is 10.4 Å². The van der Waals surface area contributed by atoms with Crippen LogP contribution >= 0.6 is 0 Å². The molecule has 1 aliphatic heterocycles. The number of hydrogen-bond acceptors (Lipinski definition) is 5. The van der Waals surface area contributed by atoms with Crippen LogP contribution in [0.2, 0.25) is 13.1 Å². The summed E-state index contributed by atoms with van der Waals surface area (Å²) in [7, 11) is 3.45. The van der Waals surface area contributed by atoms with Crippen LogP contribution in [0.25, 0.3) is 5.57 Å². The van der Waals surface area contributed by atoms with Gasteiger partial charge in [-0.1, -0.05) is 19.2 Å². The number of carboxylic acids is 1. The normalized spacial score (nSPS) is 15.0. The van der Waals surface area contributed by atoms with Crippen LogP contribution in [-0.4, -0.2) is 96.0 Å². The second-order valence-electron chi connectivity index (χ2n) is 11.5. The van der Waals surface area contributed by atoms with Crippen LogP contribution in [0, 0.1) is 0 Å². The number of benzene rings is 2. The molecular weight excluding hydrogens is 558 g/mol. The Labute approximate surface area is 256 Å². The molecule has 1 aliphatic carbocycles. The van der Waals surface area contributed by atoms with Gasteiger partial charge >= 0.3 is 5.97 Å². The smallest absolute Gasteiger partial charge is 0.336 e. The van der Waals surface area contributed by atoms with Crippen molar-refractivity contribution in [2.45, 2.75) is 26.9 Å². The topological polar surface area (TPSA) is 91.1 Å². The molecule has 0 aromatic heterocycles. The maximum Gasteiger partial charge on any atom is 0.336 e. The third-order valence-electron chi connectivity index (χ3n) is 8.28. The molecule has 0 atom stereocenters. The number of carbonyl (C=O) groups excluding carboxylic acids is 1. The molecule has 0 saturated carbocycles. The highest BCUT2D eigenvalue weighted by Gasteiger charge is 2.41. The molecule has 9 heteroatoms. The SMILES string of the molecule is CCN(CC)c1ccc2c(c1)[Si](C)(C)C1=CC(=[N+](C)C)C=CC1=C2c1cc(C(=O)NCCOCCOC)ccc1C(=O)O. The average molecular weight is 603 g/mol. The number of hydrogen-bond donors (Lipinski definition) is 2. The Bertz CT molecular complexity index is 1530. The van der Waals surface area contributed by atoms with Crippen molar-refractivity contribution in [3.8, 4) is 0 Å². The second-order valence-corrected chi connectivity index (χ2v) is 15.8. The van der Waals surface area contributed by atoms with Gasteiger partial charge in [0.2, 0.25) is 0 Å². The summed E-state index contributed by atoms with van der Waals surface area (Å²) in [6.45, 7) is 12.5. The average Bonchev–Trinajstić information content (AvgIpc) is 2.99. The summed E-state index contributed by atoms with van der Waals surface area (Å²) in [4.78, 5) is 28.1. The van der Waals surface area contributed by atoms with E-state index in [1.54, 1.807) is 25.3 Å². The maximum atomic E-state index is 13.2. The highest BCUT2D eigenvalue weighted by Crippen LogP contribution is 2.43. The van der Waals surface area contributed by atoms with E-state index in [4.69, 9.17) is 9.47 Å². The molecule has 4 rings (SSSR count). The van der Waals surface area contributed by atoms with E-state index in [1.807, 2.05) is 14.1 Å². The number of fused-ring (bicyclic) bond motifs is 2. The molecule has 8 nitrogen and oxygen atoms in total. The number of amides is 1. The van der Waals surface area contributed by atoms with E-state index in [2.05, 4.69) is 78.2 Å². The van der Waals surface area contributed by atoms with E-state index < -0.39 is 14.0 Å². The summed E-state index contributed by atoms with van der Waals surface area (Å²) in [6.07, 6.45) is 6.46. The zero-order chi connectivity index (χ0) is 31.3. The Morgan fingerprint density at radius 2 is 1.72 bits per heavy atom. The van der Waals surface area contributed by atoms with Gasteiger partial charge < -0.3 is 24.8 Å². The van der Waals surface area contributed by atoms with E-state index >= 15 is 0 Å². The lowest BCUT2D eigenvalue weighted by atomic mass is 9.86. The van der Waals surface area contributed by atoms with Crippen LogP contribution in [0.15, 0.2) is 65.4 Å². The Kier molecular flexibility index (Phi) is 10.2. The van der Waals surface area contributed by atoms with Crippen molar-refractivity contribution in [3.63, 3.8) is 0 Å². The summed E-state index contributed by atoms with van der Waals surface area (Å²) in [5.41, 5.74) is 6.27. The standard InChI is InChI=1S/C34H43N3O5Si/c1-8-37(9-2)25-12-15-28-31(22-25)43(6,7)30-21-24(36(3)4)11-14-27(30)32(28)29-20-23(10-13-26(29)34(39)40)33(38)35-16-17-42-19-18-41-5/h10-15,20-22H,8-9,16-19H2,1-7H3,(H-,35,38,39,40)/p+1. The van der Waals surface area contributed by atoms with Crippen molar-refractivity contribution in [2.24, 2.45) is 0 Å². The minimum absolute atomic E-state index is 0.164. The number of methoxy groups -OCH3 is 1. The van der Waals surface area contributed by atoms with Crippen molar-refractivity contribution >= 4 is 42.1 Å². The van der Waals surface area contributed by atoms with Crippen LogP contribution in [0.5, 0.6) is 0 Å². The van der Waals surface area contributed by atoms with Crippen molar-refractivity contribution in [1.29, 1.82) is 0 Å². The van der Waals surface area contributed by atoms with E-state index in [9.17, 15) is 14.7 Å². The number of ether oxygens (including phenoxy) is 2. The molecule has 2 N–H and O–H groups in total. The monoisotopic (exact) mass is 602 g/mol. The first kappa shape index (κ1) is 32.1. The van der Waals surface area contributed by atoms with Gasteiger partial charge in [-0.2, -0.15) is 0 Å². The van der Waals surface area contributed by atoms with Crippen molar-refractivity contribution in [2.75, 3.05) is 65.6 Å². The van der Waals surface area contributed by atoms with Crippen LogP contribution in [0.4, 0.5) is 5.69 Å². The van der Waals surface area contributed by atoms with Crippen LogP contribution in [0.1, 0.15) is 45.7 Å². The zero-order valence-corrected chi connectivity index (χ0v) is 27.4.